The van der Waals surface area contributed by atoms with Crippen molar-refractivity contribution in [2.45, 2.75) is 18.9 Å². The molecule has 0 aromatic carbocycles. The summed E-state index contributed by atoms with van der Waals surface area (Å²) in [7, 11) is 0. The highest BCUT2D eigenvalue weighted by Gasteiger charge is 2.40. The molecule has 0 N–H and O–H groups in total. The molecule has 3 aromatic heterocycles. The van der Waals surface area contributed by atoms with Gasteiger partial charge < -0.3 is 0 Å². The molecule has 3 heterocycles. The van der Waals surface area contributed by atoms with E-state index in [2.05, 4.69) is 15.1 Å². The van der Waals surface area contributed by atoms with Crippen LogP contribution in [0.3, 0.4) is 0 Å². The van der Waals surface area contributed by atoms with Crippen LogP contribution in [0.5, 0.6) is 0 Å². The minimum absolute atomic E-state index is 0.000784. The number of nitrogens with zero attached hydrogens (tertiary/aromatic N) is 4. The van der Waals surface area contributed by atoms with Gasteiger partial charge in [-0.3, -0.25) is 4.98 Å². The number of fused-ring (bicyclic) bond motifs is 1. The maximum absolute atomic E-state index is 13.1. The fourth-order valence-corrected chi connectivity index (χ4v) is 2.20. The Morgan fingerprint density at radius 1 is 0.958 bits per heavy atom. The van der Waals surface area contributed by atoms with Crippen molar-refractivity contribution in [3.05, 3.63) is 53.6 Å². The lowest BCUT2D eigenvalue weighted by atomic mass is 10.1. The van der Waals surface area contributed by atoms with E-state index in [1.807, 2.05) is 0 Å². The van der Waals surface area contributed by atoms with E-state index in [1.54, 1.807) is 12.1 Å². The zero-order chi connectivity index (χ0) is 17.5. The highest BCUT2D eigenvalue weighted by Crippen LogP contribution is 2.38. The molecule has 3 aromatic rings. The van der Waals surface area contributed by atoms with E-state index in [1.165, 1.54) is 12.4 Å². The molecule has 0 atom stereocenters. The van der Waals surface area contributed by atoms with Crippen molar-refractivity contribution in [3.63, 3.8) is 0 Å². The summed E-state index contributed by atoms with van der Waals surface area (Å²) in [4.78, 5) is 7.12. The maximum atomic E-state index is 13.1. The standard InChI is InChI=1S/C14H8F6N4/c15-13(16,17)10-5-11(14(18,19)20)23-12-9(10)6-22-24(12)7-8-1-3-21-4-2-8/h1-6H,7H2. The topological polar surface area (TPSA) is 43.6 Å². The quantitative estimate of drug-likeness (QED) is 0.661. The van der Waals surface area contributed by atoms with Gasteiger partial charge in [0, 0.05) is 12.4 Å². The first kappa shape index (κ1) is 16.2. The molecule has 0 bridgehead atoms. The van der Waals surface area contributed by atoms with Crippen LogP contribution in [0.2, 0.25) is 0 Å². The molecule has 4 nitrogen and oxygen atoms in total. The smallest absolute Gasteiger partial charge is 0.265 e. The molecule has 0 aliphatic heterocycles. The van der Waals surface area contributed by atoms with Gasteiger partial charge in [0.05, 0.1) is 23.7 Å². The Bertz CT molecular complexity index is 867. The Morgan fingerprint density at radius 3 is 2.21 bits per heavy atom. The van der Waals surface area contributed by atoms with E-state index in [4.69, 9.17) is 0 Å². The van der Waals surface area contributed by atoms with Gasteiger partial charge in [-0.15, -0.1) is 0 Å². The van der Waals surface area contributed by atoms with Gasteiger partial charge in [-0.05, 0) is 23.8 Å². The molecular formula is C14H8F6N4. The maximum Gasteiger partial charge on any atom is 0.433 e. The number of pyridine rings is 2. The van der Waals surface area contributed by atoms with Gasteiger partial charge in [-0.25, -0.2) is 9.67 Å². The van der Waals surface area contributed by atoms with Crippen molar-refractivity contribution in [1.82, 2.24) is 19.7 Å². The predicted octanol–water partition coefficient (Wildman–Crippen LogP) is 3.91. The molecule has 0 fully saturated rings. The molecule has 126 valence electrons. The summed E-state index contributed by atoms with van der Waals surface area (Å²) >= 11 is 0. The Morgan fingerprint density at radius 2 is 1.62 bits per heavy atom. The Kier molecular flexibility index (Phi) is 3.69. The lowest BCUT2D eigenvalue weighted by molar-refractivity contribution is -0.144. The molecule has 3 rings (SSSR count). The highest BCUT2D eigenvalue weighted by molar-refractivity contribution is 5.79. The monoisotopic (exact) mass is 346 g/mol. The minimum atomic E-state index is -5.00. The van der Waals surface area contributed by atoms with Crippen molar-refractivity contribution in [2.75, 3.05) is 0 Å². The van der Waals surface area contributed by atoms with Crippen LogP contribution in [0.15, 0.2) is 36.8 Å². The molecule has 10 heteroatoms. The third-order valence-corrected chi connectivity index (χ3v) is 3.29. The lowest BCUT2D eigenvalue weighted by Gasteiger charge is -2.12. The average Bonchev–Trinajstić information content (AvgIpc) is 2.88. The minimum Gasteiger partial charge on any atom is -0.265 e. The van der Waals surface area contributed by atoms with Crippen LogP contribution in [-0.2, 0) is 18.9 Å². The molecule has 0 aliphatic rings. The Hall–Kier alpha value is -2.65. The average molecular weight is 346 g/mol. The first-order valence-electron chi connectivity index (χ1n) is 6.56. The number of rotatable bonds is 2. The third-order valence-electron chi connectivity index (χ3n) is 3.29. The van der Waals surface area contributed by atoms with Gasteiger partial charge in [-0.2, -0.15) is 31.4 Å². The van der Waals surface area contributed by atoms with Crippen molar-refractivity contribution in [1.29, 1.82) is 0 Å². The molecule has 0 amide bonds. The van der Waals surface area contributed by atoms with Crippen LogP contribution in [0.4, 0.5) is 26.3 Å². The lowest BCUT2D eigenvalue weighted by Crippen LogP contribution is -2.14. The zero-order valence-electron chi connectivity index (χ0n) is 11.7. The highest BCUT2D eigenvalue weighted by atomic mass is 19.4. The summed E-state index contributed by atoms with van der Waals surface area (Å²) in [6.07, 6.45) is -6.17. The van der Waals surface area contributed by atoms with Crippen LogP contribution in [0.1, 0.15) is 16.8 Å². The van der Waals surface area contributed by atoms with Crippen LogP contribution in [-0.4, -0.2) is 19.7 Å². The van der Waals surface area contributed by atoms with Gasteiger partial charge in [0.2, 0.25) is 0 Å². The summed E-state index contributed by atoms with van der Waals surface area (Å²) < 4.78 is 78.9. The van der Waals surface area contributed by atoms with Crippen LogP contribution in [0, 0.1) is 0 Å². The van der Waals surface area contributed by atoms with Crippen molar-refractivity contribution >= 4 is 11.0 Å². The fraction of sp³-hybridized carbons (Fsp3) is 0.214. The van der Waals surface area contributed by atoms with E-state index in [0.717, 1.165) is 10.9 Å². The summed E-state index contributed by atoms with van der Waals surface area (Å²) in [6, 6.07) is 3.15. The Labute approximate surface area is 130 Å². The van der Waals surface area contributed by atoms with E-state index >= 15 is 0 Å². The number of halogens is 6. The van der Waals surface area contributed by atoms with E-state index in [9.17, 15) is 26.3 Å². The van der Waals surface area contributed by atoms with Gasteiger partial charge in [-0.1, -0.05) is 0 Å². The van der Waals surface area contributed by atoms with Crippen LogP contribution in [0.25, 0.3) is 11.0 Å². The van der Waals surface area contributed by atoms with Gasteiger partial charge in [0.15, 0.2) is 5.65 Å². The number of hydrogen-bond acceptors (Lipinski definition) is 3. The zero-order valence-corrected chi connectivity index (χ0v) is 11.7. The van der Waals surface area contributed by atoms with Crippen molar-refractivity contribution in [3.8, 4) is 0 Å². The predicted molar refractivity (Wildman–Crippen MR) is 70.9 cm³/mol. The number of hydrogen-bond donors (Lipinski definition) is 0. The number of aromatic nitrogens is 4. The van der Waals surface area contributed by atoms with E-state index in [0.29, 0.717) is 5.56 Å². The first-order valence-corrected chi connectivity index (χ1v) is 6.56. The summed E-state index contributed by atoms with van der Waals surface area (Å²) in [5.74, 6) is 0. The van der Waals surface area contributed by atoms with Crippen LogP contribution >= 0.6 is 0 Å². The number of alkyl halides is 6. The summed E-state index contributed by atoms with van der Waals surface area (Å²) in [5, 5.41) is 3.27. The second-order valence-corrected chi connectivity index (χ2v) is 4.95. The van der Waals surface area contributed by atoms with E-state index < -0.39 is 34.6 Å². The molecule has 0 aliphatic carbocycles. The summed E-state index contributed by atoms with van der Waals surface area (Å²) in [5.41, 5.74) is -2.89. The second kappa shape index (κ2) is 5.46. The summed E-state index contributed by atoms with van der Waals surface area (Å²) in [6.45, 7) is -0.0301. The van der Waals surface area contributed by atoms with E-state index in [-0.39, 0.29) is 12.6 Å². The SMILES string of the molecule is FC(F)(F)c1cc(C(F)(F)F)c2cnn(Cc3ccncc3)c2n1. The van der Waals surface area contributed by atoms with Crippen molar-refractivity contribution in [2.24, 2.45) is 0 Å². The molecule has 24 heavy (non-hydrogen) atoms. The molecule has 0 saturated carbocycles. The molecule has 0 radical (unpaired) electrons. The van der Waals surface area contributed by atoms with Gasteiger partial charge in [0.1, 0.15) is 5.69 Å². The molecule has 0 saturated heterocycles. The third kappa shape index (κ3) is 3.03. The fourth-order valence-electron chi connectivity index (χ4n) is 2.20. The van der Waals surface area contributed by atoms with Crippen LogP contribution < -0.4 is 0 Å². The Balaban J connectivity index is 2.19. The normalized spacial score (nSPS) is 12.8. The van der Waals surface area contributed by atoms with Crippen molar-refractivity contribution < 1.29 is 26.3 Å². The first-order chi connectivity index (χ1) is 11.2. The van der Waals surface area contributed by atoms with Gasteiger partial charge >= 0.3 is 12.4 Å². The molecule has 0 spiro atoms. The second-order valence-electron chi connectivity index (χ2n) is 4.95. The van der Waals surface area contributed by atoms with Gasteiger partial charge in [0.25, 0.3) is 0 Å². The largest absolute Gasteiger partial charge is 0.433 e. The molecular weight excluding hydrogens is 338 g/mol. The molecule has 0 unspecified atom stereocenters.